The molecule has 1 saturated heterocycles. The van der Waals surface area contributed by atoms with Gasteiger partial charge in [0.2, 0.25) is 0 Å². The summed E-state index contributed by atoms with van der Waals surface area (Å²) in [6.45, 7) is 2.18. The lowest BCUT2D eigenvalue weighted by Crippen LogP contribution is -2.27. The molecular formula is C12H14ClN3S. The fourth-order valence-corrected chi connectivity index (χ4v) is 3.12. The Hall–Kier alpha value is -0.840. The van der Waals surface area contributed by atoms with Gasteiger partial charge in [-0.15, -0.1) is 11.3 Å². The molecule has 3 rings (SSSR count). The fraction of sp³-hybridized carbons (Fsp3) is 0.417. The maximum Gasteiger partial charge on any atom is 0.109 e. The summed E-state index contributed by atoms with van der Waals surface area (Å²) >= 11 is 7.49. The number of hydrogen-bond acceptors (Lipinski definition) is 3. The highest BCUT2D eigenvalue weighted by molar-refractivity contribution is 7.14. The van der Waals surface area contributed by atoms with Crippen LogP contribution in [-0.4, -0.2) is 23.1 Å². The minimum Gasteiger partial charge on any atom is -0.342 e. The summed E-state index contributed by atoms with van der Waals surface area (Å²) in [6.07, 6.45) is 4.24. The third kappa shape index (κ3) is 2.39. The first-order valence-corrected chi connectivity index (χ1v) is 7.09. The molecular weight excluding hydrogens is 254 g/mol. The third-order valence-corrected chi connectivity index (χ3v) is 4.29. The molecule has 5 heteroatoms. The molecule has 0 aliphatic carbocycles. The minimum absolute atomic E-state index is 0.569. The lowest BCUT2D eigenvalue weighted by molar-refractivity contribution is 0.447. The number of halogens is 1. The Morgan fingerprint density at radius 3 is 2.88 bits per heavy atom. The van der Waals surface area contributed by atoms with Crippen molar-refractivity contribution in [3.05, 3.63) is 27.8 Å². The van der Waals surface area contributed by atoms with E-state index in [9.17, 15) is 0 Å². The molecule has 0 aromatic carbocycles. The van der Waals surface area contributed by atoms with Crippen molar-refractivity contribution in [3.63, 3.8) is 0 Å². The maximum absolute atomic E-state index is 5.94. The van der Waals surface area contributed by atoms with Gasteiger partial charge in [0.1, 0.15) is 5.82 Å². The highest BCUT2D eigenvalue weighted by Crippen LogP contribution is 2.29. The van der Waals surface area contributed by atoms with Crippen LogP contribution in [0.4, 0.5) is 0 Å². The van der Waals surface area contributed by atoms with Gasteiger partial charge in [0.25, 0.3) is 0 Å². The molecule has 1 fully saturated rings. The van der Waals surface area contributed by atoms with Gasteiger partial charge in [0.15, 0.2) is 0 Å². The Morgan fingerprint density at radius 1 is 1.35 bits per heavy atom. The van der Waals surface area contributed by atoms with Crippen LogP contribution >= 0.6 is 22.9 Å². The van der Waals surface area contributed by atoms with E-state index in [1.807, 2.05) is 12.3 Å². The van der Waals surface area contributed by atoms with Crippen LogP contribution in [0.5, 0.6) is 0 Å². The molecule has 1 aliphatic heterocycles. The molecule has 0 amide bonds. The van der Waals surface area contributed by atoms with E-state index in [1.54, 1.807) is 11.3 Å². The number of aromatic nitrogens is 2. The van der Waals surface area contributed by atoms with Gasteiger partial charge in [0, 0.05) is 16.9 Å². The SMILES string of the molecule is Clc1cc(-c2cnc(C3CCNCC3)[nH]2)cs1. The molecule has 0 atom stereocenters. The predicted octanol–water partition coefficient (Wildman–Crippen LogP) is 3.26. The van der Waals surface area contributed by atoms with E-state index in [-0.39, 0.29) is 0 Å². The Bertz CT molecular complexity index is 499. The van der Waals surface area contributed by atoms with Crippen LogP contribution in [0.3, 0.4) is 0 Å². The van der Waals surface area contributed by atoms with Gasteiger partial charge in [-0.25, -0.2) is 4.98 Å². The highest BCUT2D eigenvalue weighted by Gasteiger charge is 2.18. The summed E-state index contributed by atoms with van der Waals surface area (Å²) in [7, 11) is 0. The van der Waals surface area contributed by atoms with Gasteiger partial charge in [-0.1, -0.05) is 11.6 Å². The van der Waals surface area contributed by atoms with Gasteiger partial charge in [0.05, 0.1) is 16.2 Å². The molecule has 0 unspecified atom stereocenters. The molecule has 0 spiro atoms. The van der Waals surface area contributed by atoms with Crippen molar-refractivity contribution in [2.45, 2.75) is 18.8 Å². The molecule has 0 bridgehead atoms. The number of H-pyrrole nitrogens is 1. The number of aromatic amines is 1. The molecule has 2 aromatic rings. The van der Waals surface area contributed by atoms with E-state index in [0.29, 0.717) is 5.92 Å². The smallest absolute Gasteiger partial charge is 0.109 e. The molecule has 2 N–H and O–H groups in total. The molecule has 2 aromatic heterocycles. The van der Waals surface area contributed by atoms with Crippen LogP contribution in [0, 0.1) is 0 Å². The van der Waals surface area contributed by atoms with Crippen molar-refractivity contribution in [1.29, 1.82) is 0 Å². The van der Waals surface area contributed by atoms with Gasteiger partial charge in [-0.3, -0.25) is 0 Å². The first kappa shape index (κ1) is 11.3. The Balaban J connectivity index is 1.82. The number of imidazole rings is 1. The third-order valence-electron chi connectivity index (χ3n) is 3.20. The first-order chi connectivity index (χ1) is 8.33. The van der Waals surface area contributed by atoms with Gasteiger partial charge >= 0.3 is 0 Å². The van der Waals surface area contributed by atoms with Crippen LogP contribution in [0.1, 0.15) is 24.6 Å². The normalized spacial score (nSPS) is 17.5. The number of rotatable bonds is 2. The lowest BCUT2D eigenvalue weighted by Gasteiger charge is -2.20. The first-order valence-electron chi connectivity index (χ1n) is 5.83. The summed E-state index contributed by atoms with van der Waals surface area (Å²) in [5.41, 5.74) is 2.20. The fourth-order valence-electron chi connectivity index (χ4n) is 2.24. The molecule has 90 valence electrons. The Kier molecular flexibility index (Phi) is 3.18. The number of piperidine rings is 1. The zero-order chi connectivity index (χ0) is 11.7. The molecule has 0 saturated carbocycles. The van der Waals surface area contributed by atoms with Crippen LogP contribution in [0.15, 0.2) is 17.6 Å². The molecule has 17 heavy (non-hydrogen) atoms. The monoisotopic (exact) mass is 267 g/mol. The molecule has 1 aliphatic rings. The van der Waals surface area contributed by atoms with Crippen LogP contribution in [0.25, 0.3) is 11.3 Å². The average molecular weight is 268 g/mol. The average Bonchev–Trinajstić information content (AvgIpc) is 2.98. The summed E-state index contributed by atoms with van der Waals surface area (Å²) in [6, 6.07) is 1.98. The maximum atomic E-state index is 5.94. The van der Waals surface area contributed by atoms with Crippen LogP contribution in [-0.2, 0) is 0 Å². The second-order valence-corrected chi connectivity index (χ2v) is 5.89. The summed E-state index contributed by atoms with van der Waals surface area (Å²) < 4.78 is 0.818. The Labute approximate surface area is 109 Å². The summed E-state index contributed by atoms with van der Waals surface area (Å²) in [5.74, 6) is 1.68. The van der Waals surface area contributed by atoms with Gasteiger partial charge in [-0.05, 0) is 32.0 Å². The number of hydrogen-bond donors (Lipinski definition) is 2. The quantitative estimate of drug-likeness (QED) is 0.877. The number of nitrogens with one attached hydrogen (secondary N) is 2. The topological polar surface area (TPSA) is 40.7 Å². The second kappa shape index (κ2) is 4.80. The number of thiophene rings is 1. The van der Waals surface area contributed by atoms with Crippen LogP contribution < -0.4 is 5.32 Å². The van der Waals surface area contributed by atoms with Crippen molar-refractivity contribution in [1.82, 2.24) is 15.3 Å². The van der Waals surface area contributed by atoms with Crippen molar-refractivity contribution in [2.75, 3.05) is 13.1 Å². The molecule has 3 heterocycles. The van der Waals surface area contributed by atoms with E-state index in [0.717, 1.165) is 47.3 Å². The van der Waals surface area contributed by atoms with E-state index in [4.69, 9.17) is 11.6 Å². The van der Waals surface area contributed by atoms with Crippen molar-refractivity contribution in [2.24, 2.45) is 0 Å². The molecule has 0 radical (unpaired) electrons. The largest absolute Gasteiger partial charge is 0.342 e. The number of nitrogens with zero attached hydrogens (tertiary/aromatic N) is 1. The zero-order valence-corrected chi connectivity index (χ0v) is 10.9. The van der Waals surface area contributed by atoms with Crippen molar-refractivity contribution < 1.29 is 0 Å². The van der Waals surface area contributed by atoms with Crippen LogP contribution in [0.2, 0.25) is 4.34 Å². The van der Waals surface area contributed by atoms with E-state index >= 15 is 0 Å². The molecule has 3 nitrogen and oxygen atoms in total. The highest BCUT2D eigenvalue weighted by atomic mass is 35.5. The van der Waals surface area contributed by atoms with E-state index in [2.05, 4.69) is 20.7 Å². The Morgan fingerprint density at radius 2 is 2.18 bits per heavy atom. The van der Waals surface area contributed by atoms with Gasteiger partial charge < -0.3 is 10.3 Å². The van der Waals surface area contributed by atoms with E-state index < -0.39 is 0 Å². The van der Waals surface area contributed by atoms with Crippen molar-refractivity contribution in [3.8, 4) is 11.3 Å². The predicted molar refractivity (Wildman–Crippen MR) is 71.8 cm³/mol. The standard InChI is InChI=1S/C12H14ClN3S/c13-11-5-9(7-17-11)10-6-15-12(16-10)8-1-3-14-4-2-8/h5-8,14H,1-4H2,(H,15,16). The second-order valence-electron chi connectivity index (χ2n) is 4.35. The van der Waals surface area contributed by atoms with E-state index in [1.165, 1.54) is 0 Å². The summed E-state index contributed by atoms with van der Waals surface area (Å²) in [5, 5.41) is 5.43. The van der Waals surface area contributed by atoms with Gasteiger partial charge in [-0.2, -0.15) is 0 Å². The zero-order valence-electron chi connectivity index (χ0n) is 9.37. The summed E-state index contributed by atoms with van der Waals surface area (Å²) in [4.78, 5) is 7.93. The van der Waals surface area contributed by atoms with Crippen molar-refractivity contribution >= 4 is 22.9 Å². The lowest BCUT2D eigenvalue weighted by atomic mass is 9.98. The minimum atomic E-state index is 0.569.